The van der Waals surface area contributed by atoms with Gasteiger partial charge in [-0.1, -0.05) is 0 Å². The first-order valence-electron chi connectivity index (χ1n) is 4.25. The maximum atomic E-state index is 8.75. The van der Waals surface area contributed by atoms with E-state index in [0.717, 1.165) is 5.56 Å². The van der Waals surface area contributed by atoms with Crippen molar-refractivity contribution in [1.82, 2.24) is 0 Å². The second-order valence-electron chi connectivity index (χ2n) is 3.19. The molecule has 3 heteroatoms. The minimum absolute atomic E-state index is 0.505. The fourth-order valence-corrected chi connectivity index (χ4v) is 3.54. The van der Waals surface area contributed by atoms with E-state index in [4.69, 9.17) is 5.26 Å². The average Bonchev–Trinajstić information content (AvgIpc) is 2.48. The first-order chi connectivity index (χ1) is 6.72. The van der Waals surface area contributed by atoms with Crippen LogP contribution in [-0.2, 0) is 6.42 Å². The molecule has 0 saturated carbocycles. The summed E-state index contributed by atoms with van der Waals surface area (Å²) in [6, 6.07) is 6.50. The molecule has 0 amide bonds. The number of rotatable bonds is 1. The van der Waals surface area contributed by atoms with Gasteiger partial charge in [0.2, 0.25) is 0 Å². The maximum Gasteiger partial charge on any atom is 0.0669 e. The van der Waals surface area contributed by atoms with Crippen molar-refractivity contribution in [3.8, 4) is 6.07 Å². The number of fused-ring (bicyclic) bond motifs is 1. The Hall–Kier alpha value is -0.600. The minimum atomic E-state index is 0.505. The smallest absolute Gasteiger partial charge is 0.0669 e. The average molecular weight is 313 g/mol. The van der Waals surface area contributed by atoms with Gasteiger partial charge >= 0.3 is 0 Å². The van der Waals surface area contributed by atoms with E-state index in [-0.39, 0.29) is 0 Å². The number of thiophene rings is 1. The molecular weight excluding hydrogens is 305 g/mol. The molecule has 0 spiro atoms. The van der Waals surface area contributed by atoms with Gasteiger partial charge in [-0.25, -0.2) is 0 Å². The number of benzene rings is 1. The summed E-state index contributed by atoms with van der Waals surface area (Å²) in [5, 5.41) is 12.2. The molecule has 0 aliphatic rings. The fourth-order valence-electron chi connectivity index (χ4n) is 1.61. The number of nitriles is 1. The standard InChI is InChI=1S/C11H8INS/c1-7-6-14-10-5-9(12)4-8(2-3-13)11(7)10/h4-6H,2H2,1H3. The summed E-state index contributed by atoms with van der Waals surface area (Å²) in [5.41, 5.74) is 2.44. The number of aryl methyl sites for hydroxylation is 1. The van der Waals surface area contributed by atoms with Crippen LogP contribution in [0.4, 0.5) is 0 Å². The molecule has 1 aromatic carbocycles. The largest absolute Gasteiger partial charge is 0.198 e. The van der Waals surface area contributed by atoms with Gasteiger partial charge in [-0.2, -0.15) is 5.26 Å². The van der Waals surface area contributed by atoms with Crippen LogP contribution in [0.5, 0.6) is 0 Å². The summed E-state index contributed by atoms with van der Waals surface area (Å²) in [5.74, 6) is 0. The molecule has 0 aliphatic carbocycles. The molecule has 0 fully saturated rings. The third-order valence-electron chi connectivity index (χ3n) is 2.18. The lowest BCUT2D eigenvalue weighted by molar-refractivity contribution is 1.28. The lowest BCUT2D eigenvalue weighted by atomic mass is 10.1. The highest BCUT2D eigenvalue weighted by Gasteiger charge is 2.07. The molecule has 0 bridgehead atoms. The van der Waals surface area contributed by atoms with Crippen molar-refractivity contribution in [3.63, 3.8) is 0 Å². The van der Waals surface area contributed by atoms with Crippen molar-refractivity contribution >= 4 is 44.0 Å². The molecule has 0 radical (unpaired) electrons. The van der Waals surface area contributed by atoms with Gasteiger partial charge in [-0.15, -0.1) is 11.3 Å². The summed E-state index contributed by atoms with van der Waals surface area (Å²) in [6.07, 6.45) is 0.505. The lowest BCUT2D eigenvalue weighted by Gasteiger charge is -2.01. The normalized spacial score (nSPS) is 10.4. The third kappa shape index (κ3) is 1.64. The van der Waals surface area contributed by atoms with Gasteiger partial charge < -0.3 is 0 Å². The Morgan fingerprint density at radius 3 is 3.00 bits per heavy atom. The van der Waals surface area contributed by atoms with Gasteiger partial charge in [0.1, 0.15) is 0 Å². The van der Waals surface area contributed by atoms with E-state index in [9.17, 15) is 0 Å². The third-order valence-corrected chi connectivity index (χ3v) is 3.85. The predicted molar refractivity (Wildman–Crippen MR) is 68.6 cm³/mol. The highest BCUT2D eigenvalue weighted by atomic mass is 127. The van der Waals surface area contributed by atoms with Crippen molar-refractivity contribution in [3.05, 3.63) is 32.2 Å². The van der Waals surface area contributed by atoms with Crippen LogP contribution in [0.25, 0.3) is 10.1 Å². The van der Waals surface area contributed by atoms with E-state index in [1.807, 2.05) is 0 Å². The first kappa shape index (κ1) is 9.94. The van der Waals surface area contributed by atoms with Crippen LogP contribution in [-0.4, -0.2) is 0 Å². The van der Waals surface area contributed by atoms with Crippen LogP contribution >= 0.6 is 33.9 Å². The van der Waals surface area contributed by atoms with Gasteiger partial charge in [-0.3, -0.25) is 0 Å². The van der Waals surface area contributed by atoms with Crippen molar-refractivity contribution < 1.29 is 0 Å². The van der Waals surface area contributed by atoms with Crippen LogP contribution in [0.3, 0.4) is 0 Å². The topological polar surface area (TPSA) is 23.8 Å². The zero-order valence-corrected chi connectivity index (χ0v) is 10.6. The number of nitrogens with zero attached hydrogens (tertiary/aromatic N) is 1. The molecule has 0 atom stereocenters. The Morgan fingerprint density at radius 2 is 2.29 bits per heavy atom. The highest BCUT2D eigenvalue weighted by molar-refractivity contribution is 14.1. The van der Waals surface area contributed by atoms with Gasteiger partial charge in [0.25, 0.3) is 0 Å². The van der Waals surface area contributed by atoms with Crippen LogP contribution in [0.2, 0.25) is 0 Å². The van der Waals surface area contributed by atoms with Gasteiger partial charge in [0, 0.05) is 8.27 Å². The van der Waals surface area contributed by atoms with Crippen molar-refractivity contribution in [2.24, 2.45) is 0 Å². The maximum absolute atomic E-state index is 8.75. The molecule has 0 saturated heterocycles. The Labute approximate surface area is 101 Å². The molecule has 2 aromatic rings. The van der Waals surface area contributed by atoms with Crippen LogP contribution in [0, 0.1) is 21.8 Å². The quantitative estimate of drug-likeness (QED) is 0.733. The SMILES string of the molecule is Cc1csc2cc(I)cc(CC#N)c12. The zero-order valence-electron chi connectivity index (χ0n) is 7.67. The Balaban J connectivity index is 2.78. The molecule has 0 unspecified atom stereocenters. The molecular formula is C11H8INS. The Bertz CT molecular complexity index is 522. The van der Waals surface area contributed by atoms with E-state index < -0.39 is 0 Å². The molecule has 2 rings (SSSR count). The van der Waals surface area contributed by atoms with E-state index in [0.29, 0.717) is 6.42 Å². The molecule has 1 heterocycles. The second-order valence-corrected chi connectivity index (χ2v) is 5.35. The first-order valence-corrected chi connectivity index (χ1v) is 6.21. The molecule has 1 nitrogen and oxygen atoms in total. The number of hydrogen-bond donors (Lipinski definition) is 0. The monoisotopic (exact) mass is 313 g/mol. The summed E-state index contributed by atoms with van der Waals surface area (Å²) >= 11 is 4.05. The van der Waals surface area contributed by atoms with Crippen LogP contribution in [0.1, 0.15) is 11.1 Å². The summed E-state index contributed by atoms with van der Waals surface area (Å²) < 4.78 is 2.50. The molecule has 1 aromatic heterocycles. The van der Waals surface area contributed by atoms with Gasteiger partial charge in [-0.05, 0) is 63.5 Å². The Kier molecular flexibility index (Phi) is 2.75. The summed E-state index contributed by atoms with van der Waals surface area (Å²) in [4.78, 5) is 0. The van der Waals surface area contributed by atoms with Crippen molar-refractivity contribution in [2.75, 3.05) is 0 Å². The zero-order chi connectivity index (χ0) is 10.1. The fraction of sp³-hybridized carbons (Fsp3) is 0.182. The van der Waals surface area contributed by atoms with E-state index in [1.165, 1.54) is 19.2 Å². The predicted octanol–water partition coefficient (Wildman–Crippen LogP) is 3.88. The van der Waals surface area contributed by atoms with E-state index >= 15 is 0 Å². The van der Waals surface area contributed by atoms with E-state index in [2.05, 4.69) is 53.1 Å². The second kappa shape index (κ2) is 3.87. The number of hydrogen-bond acceptors (Lipinski definition) is 2. The van der Waals surface area contributed by atoms with E-state index in [1.54, 1.807) is 11.3 Å². The van der Waals surface area contributed by atoms with Crippen molar-refractivity contribution in [1.29, 1.82) is 5.26 Å². The molecule has 0 aliphatic heterocycles. The van der Waals surface area contributed by atoms with Gasteiger partial charge in [0.05, 0.1) is 12.5 Å². The van der Waals surface area contributed by atoms with Crippen LogP contribution < -0.4 is 0 Å². The summed E-state index contributed by atoms with van der Waals surface area (Å²) in [6.45, 7) is 2.10. The van der Waals surface area contributed by atoms with Crippen molar-refractivity contribution in [2.45, 2.75) is 13.3 Å². The molecule has 70 valence electrons. The molecule has 0 N–H and O–H groups in total. The minimum Gasteiger partial charge on any atom is -0.198 e. The Morgan fingerprint density at radius 1 is 1.50 bits per heavy atom. The van der Waals surface area contributed by atoms with Gasteiger partial charge in [0.15, 0.2) is 0 Å². The number of halogens is 1. The summed E-state index contributed by atoms with van der Waals surface area (Å²) in [7, 11) is 0. The van der Waals surface area contributed by atoms with Crippen LogP contribution in [0.15, 0.2) is 17.5 Å². The molecule has 14 heavy (non-hydrogen) atoms. The lowest BCUT2D eigenvalue weighted by Crippen LogP contribution is -1.85. The highest BCUT2D eigenvalue weighted by Crippen LogP contribution is 2.30.